The van der Waals surface area contributed by atoms with E-state index in [-0.39, 0.29) is 0 Å². The highest BCUT2D eigenvalue weighted by Gasteiger charge is 2.24. The molecule has 28 heavy (non-hydrogen) atoms. The SMILES string of the molecule is CCNC(=NCCCCn1cnnc1)N1CCC(COCc2ccccc2)C1. The van der Waals surface area contributed by atoms with E-state index in [2.05, 4.69) is 51.6 Å². The Morgan fingerprint density at radius 3 is 2.82 bits per heavy atom. The van der Waals surface area contributed by atoms with Gasteiger partial charge in [0.25, 0.3) is 0 Å². The summed E-state index contributed by atoms with van der Waals surface area (Å²) in [4.78, 5) is 7.20. The van der Waals surface area contributed by atoms with Crippen LogP contribution >= 0.6 is 0 Å². The lowest BCUT2D eigenvalue weighted by molar-refractivity contribution is 0.0907. The Morgan fingerprint density at radius 2 is 2.04 bits per heavy atom. The summed E-state index contributed by atoms with van der Waals surface area (Å²) in [7, 11) is 0. The first-order valence-electron chi connectivity index (χ1n) is 10.3. The predicted molar refractivity (Wildman–Crippen MR) is 111 cm³/mol. The lowest BCUT2D eigenvalue weighted by Crippen LogP contribution is -2.40. The topological polar surface area (TPSA) is 67.6 Å². The van der Waals surface area contributed by atoms with Crippen LogP contribution in [0.1, 0.15) is 31.7 Å². The second-order valence-corrected chi connectivity index (χ2v) is 7.24. The first kappa shape index (κ1) is 20.3. The Bertz CT molecular complexity index is 688. The van der Waals surface area contributed by atoms with Gasteiger partial charge in [-0.3, -0.25) is 4.99 Å². The van der Waals surface area contributed by atoms with Gasteiger partial charge in [-0.2, -0.15) is 0 Å². The molecule has 0 bridgehead atoms. The monoisotopic (exact) mass is 384 g/mol. The van der Waals surface area contributed by atoms with Crippen molar-refractivity contribution in [2.75, 3.05) is 32.8 Å². The molecule has 1 aliphatic rings. The minimum atomic E-state index is 0.571. The number of hydrogen-bond acceptors (Lipinski definition) is 4. The number of nitrogens with zero attached hydrogens (tertiary/aromatic N) is 5. The highest BCUT2D eigenvalue weighted by Crippen LogP contribution is 2.17. The Hall–Kier alpha value is -2.41. The van der Waals surface area contributed by atoms with Gasteiger partial charge in [0.1, 0.15) is 12.7 Å². The molecular weight excluding hydrogens is 352 g/mol. The van der Waals surface area contributed by atoms with Crippen LogP contribution < -0.4 is 5.32 Å². The molecule has 1 aliphatic heterocycles. The molecule has 152 valence electrons. The van der Waals surface area contributed by atoms with Crippen molar-refractivity contribution in [1.29, 1.82) is 0 Å². The van der Waals surface area contributed by atoms with Crippen molar-refractivity contribution in [2.24, 2.45) is 10.9 Å². The normalized spacial score (nSPS) is 17.2. The number of likely N-dealkylation sites (tertiary alicyclic amines) is 1. The van der Waals surface area contributed by atoms with E-state index < -0.39 is 0 Å². The Kier molecular flexibility index (Phi) is 8.30. The average molecular weight is 385 g/mol. The van der Waals surface area contributed by atoms with E-state index in [1.807, 2.05) is 10.6 Å². The third-order valence-corrected chi connectivity index (χ3v) is 4.94. The average Bonchev–Trinajstić information content (AvgIpc) is 3.40. The fraction of sp³-hybridized carbons (Fsp3) is 0.571. The second-order valence-electron chi connectivity index (χ2n) is 7.24. The van der Waals surface area contributed by atoms with Gasteiger partial charge in [-0.1, -0.05) is 30.3 Å². The Labute approximate surface area is 167 Å². The van der Waals surface area contributed by atoms with E-state index in [1.54, 1.807) is 12.7 Å². The van der Waals surface area contributed by atoms with Crippen LogP contribution in [0.25, 0.3) is 0 Å². The molecule has 2 aromatic rings. The third-order valence-electron chi connectivity index (χ3n) is 4.94. The smallest absolute Gasteiger partial charge is 0.193 e. The van der Waals surface area contributed by atoms with Crippen LogP contribution in [0, 0.1) is 5.92 Å². The summed E-state index contributed by atoms with van der Waals surface area (Å²) in [5, 5.41) is 11.1. The summed E-state index contributed by atoms with van der Waals surface area (Å²) in [5.74, 6) is 1.61. The summed E-state index contributed by atoms with van der Waals surface area (Å²) < 4.78 is 7.95. The van der Waals surface area contributed by atoms with Gasteiger partial charge in [0.2, 0.25) is 0 Å². The molecule has 7 heteroatoms. The van der Waals surface area contributed by atoms with Crippen molar-refractivity contribution in [3.63, 3.8) is 0 Å². The van der Waals surface area contributed by atoms with Gasteiger partial charge < -0.3 is 19.5 Å². The lowest BCUT2D eigenvalue weighted by Gasteiger charge is -2.21. The van der Waals surface area contributed by atoms with Crippen LogP contribution in [-0.2, 0) is 17.9 Å². The van der Waals surface area contributed by atoms with Crippen LogP contribution in [0.5, 0.6) is 0 Å². The van der Waals surface area contributed by atoms with Crippen molar-refractivity contribution in [3.8, 4) is 0 Å². The molecule has 2 heterocycles. The minimum absolute atomic E-state index is 0.571. The summed E-state index contributed by atoms with van der Waals surface area (Å²) in [6.07, 6.45) is 6.82. The summed E-state index contributed by atoms with van der Waals surface area (Å²) >= 11 is 0. The van der Waals surface area contributed by atoms with Gasteiger partial charge in [-0.25, -0.2) is 0 Å². The maximum atomic E-state index is 5.94. The third kappa shape index (κ3) is 6.64. The van der Waals surface area contributed by atoms with Crippen LogP contribution in [-0.4, -0.2) is 58.4 Å². The number of guanidine groups is 1. The van der Waals surface area contributed by atoms with E-state index in [1.165, 1.54) is 5.56 Å². The Morgan fingerprint density at radius 1 is 1.21 bits per heavy atom. The minimum Gasteiger partial charge on any atom is -0.376 e. The van der Waals surface area contributed by atoms with E-state index in [0.29, 0.717) is 12.5 Å². The fourth-order valence-electron chi connectivity index (χ4n) is 3.43. The van der Waals surface area contributed by atoms with Gasteiger partial charge in [-0.15, -0.1) is 10.2 Å². The molecule has 0 aliphatic carbocycles. The Balaban J connectivity index is 1.37. The number of nitrogens with one attached hydrogen (secondary N) is 1. The summed E-state index contributed by atoms with van der Waals surface area (Å²) in [6, 6.07) is 10.4. The second kappa shape index (κ2) is 11.4. The molecule has 1 unspecified atom stereocenters. The largest absolute Gasteiger partial charge is 0.376 e. The fourth-order valence-corrected chi connectivity index (χ4v) is 3.43. The molecule has 0 radical (unpaired) electrons. The molecule has 3 rings (SSSR count). The van der Waals surface area contributed by atoms with Gasteiger partial charge in [0, 0.05) is 38.6 Å². The zero-order chi connectivity index (χ0) is 19.4. The molecular formula is C21H32N6O. The van der Waals surface area contributed by atoms with Gasteiger partial charge >= 0.3 is 0 Å². The summed E-state index contributed by atoms with van der Waals surface area (Å²) in [6.45, 7) is 8.37. The van der Waals surface area contributed by atoms with Gasteiger partial charge in [0.05, 0.1) is 13.2 Å². The van der Waals surface area contributed by atoms with Crippen molar-refractivity contribution in [3.05, 3.63) is 48.5 Å². The van der Waals surface area contributed by atoms with Crippen molar-refractivity contribution >= 4 is 5.96 Å². The maximum absolute atomic E-state index is 5.94. The van der Waals surface area contributed by atoms with Crippen molar-refractivity contribution in [2.45, 2.75) is 39.3 Å². The number of aryl methyl sites for hydroxylation is 1. The van der Waals surface area contributed by atoms with Gasteiger partial charge in [0.15, 0.2) is 5.96 Å². The quantitative estimate of drug-likeness (QED) is 0.387. The molecule has 1 aromatic carbocycles. The number of unbranched alkanes of at least 4 members (excludes halogenated alkanes) is 1. The zero-order valence-corrected chi connectivity index (χ0v) is 16.8. The number of benzene rings is 1. The lowest BCUT2D eigenvalue weighted by atomic mass is 10.1. The van der Waals surface area contributed by atoms with Crippen molar-refractivity contribution in [1.82, 2.24) is 25.0 Å². The number of rotatable bonds is 10. The molecule has 0 saturated carbocycles. The molecule has 1 saturated heterocycles. The van der Waals surface area contributed by atoms with Crippen LogP contribution in [0.2, 0.25) is 0 Å². The van der Waals surface area contributed by atoms with Crippen LogP contribution in [0.4, 0.5) is 0 Å². The molecule has 1 aromatic heterocycles. The number of aromatic nitrogens is 3. The van der Waals surface area contributed by atoms with Crippen LogP contribution in [0.3, 0.4) is 0 Å². The predicted octanol–water partition coefficient (Wildman–Crippen LogP) is 2.56. The zero-order valence-electron chi connectivity index (χ0n) is 16.8. The first-order chi connectivity index (χ1) is 13.8. The van der Waals surface area contributed by atoms with E-state index in [0.717, 1.165) is 64.6 Å². The van der Waals surface area contributed by atoms with E-state index >= 15 is 0 Å². The molecule has 1 fully saturated rings. The van der Waals surface area contributed by atoms with E-state index in [4.69, 9.17) is 9.73 Å². The van der Waals surface area contributed by atoms with E-state index in [9.17, 15) is 0 Å². The summed E-state index contributed by atoms with van der Waals surface area (Å²) in [5.41, 5.74) is 1.23. The molecule has 1 N–H and O–H groups in total. The number of ether oxygens (including phenoxy) is 1. The highest BCUT2D eigenvalue weighted by atomic mass is 16.5. The van der Waals surface area contributed by atoms with Crippen molar-refractivity contribution < 1.29 is 4.74 Å². The number of hydrogen-bond donors (Lipinski definition) is 1. The standard InChI is InChI=1S/C21H32N6O/c1-2-22-21(23-11-6-7-12-26-17-24-25-18-26)27-13-10-20(14-27)16-28-15-19-8-4-3-5-9-19/h3-5,8-9,17-18,20H,2,6-7,10-16H2,1H3,(H,22,23). The number of aliphatic imine (C=N–C) groups is 1. The highest BCUT2D eigenvalue weighted by molar-refractivity contribution is 5.80. The van der Waals surface area contributed by atoms with Gasteiger partial charge in [-0.05, 0) is 31.7 Å². The van der Waals surface area contributed by atoms with Crippen LogP contribution in [0.15, 0.2) is 48.0 Å². The molecule has 1 atom stereocenters. The molecule has 0 spiro atoms. The first-order valence-corrected chi connectivity index (χ1v) is 10.3. The molecule has 0 amide bonds. The maximum Gasteiger partial charge on any atom is 0.193 e. The molecule has 7 nitrogen and oxygen atoms in total.